The van der Waals surface area contributed by atoms with Crippen molar-refractivity contribution in [3.05, 3.63) is 35.7 Å². The van der Waals surface area contributed by atoms with Crippen molar-refractivity contribution in [3.63, 3.8) is 0 Å². The maximum absolute atomic E-state index is 12.1. The molecule has 100 valence electrons. The van der Waals surface area contributed by atoms with Crippen LogP contribution in [0.3, 0.4) is 0 Å². The van der Waals surface area contributed by atoms with Gasteiger partial charge in [-0.2, -0.15) is 11.8 Å². The minimum atomic E-state index is -1.01. The number of carbonyl (C=O) groups is 2. The highest BCUT2D eigenvalue weighted by Gasteiger charge is 2.18. The number of carboxylic acids is 1. The van der Waals surface area contributed by atoms with Crippen molar-refractivity contribution < 1.29 is 14.7 Å². The number of amides is 1. The third-order valence-electron chi connectivity index (χ3n) is 2.72. The van der Waals surface area contributed by atoms with E-state index in [-0.39, 0.29) is 5.91 Å². The zero-order chi connectivity index (χ0) is 13.7. The summed E-state index contributed by atoms with van der Waals surface area (Å²) in [5.41, 5.74) is 1.06. The van der Waals surface area contributed by atoms with Gasteiger partial charge in [0.1, 0.15) is 5.69 Å². The number of carboxylic acid groups (broad SMARTS) is 1. The van der Waals surface area contributed by atoms with E-state index < -0.39 is 5.97 Å². The fourth-order valence-corrected chi connectivity index (χ4v) is 2.63. The molecule has 0 spiro atoms. The van der Waals surface area contributed by atoms with Crippen molar-refractivity contribution in [1.82, 2.24) is 9.88 Å². The van der Waals surface area contributed by atoms with Gasteiger partial charge in [0.25, 0.3) is 5.91 Å². The van der Waals surface area contributed by atoms with Gasteiger partial charge < -0.3 is 10.0 Å². The molecule has 1 aromatic rings. The van der Waals surface area contributed by atoms with E-state index >= 15 is 0 Å². The van der Waals surface area contributed by atoms with E-state index in [1.165, 1.54) is 12.3 Å². The molecule has 1 aliphatic heterocycles. The molecule has 1 N–H and O–H groups in total. The highest BCUT2D eigenvalue weighted by molar-refractivity contribution is 7.99. The quantitative estimate of drug-likeness (QED) is 0.846. The van der Waals surface area contributed by atoms with Gasteiger partial charge in [-0.3, -0.25) is 9.78 Å². The summed E-state index contributed by atoms with van der Waals surface area (Å²) in [6.45, 7) is 1.51. The summed E-state index contributed by atoms with van der Waals surface area (Å²) in [6, 6.07) is 3.32. The Hall–Kier alpha value is -1.82. The van der Waals surface area contributed by atoms with Crippen LogP contribution in [-0.2, 0) is 4.79 Å². The van der Waals surface area contributed by atoms with Gasteiger partial charge in [0.2, 0.25) is 0 Å². The summed E-state index contributed by atoms with van der Waals surface area (Å²) < 4.78 is 0. The van der Waals surface area contributed by atoms with Crippen molar-refractivity contribution in [2.75, 3.05) is 24.6 Å². The van der Waals surface area contributed by atoms with Crippen molar-refractivity contribution in [3.8, 4) is 0 Å². The van der Waals surface area contributed by atoms with Crippen LogP contribution in [0.1, 0.15) is 16.1 Å². The number of thioether (sulfide) groups is 1. The standard InChI is InChI=1S/C13H14N2O3S/c16-12(17)4-2-10-1-3-11(14-9-10)13(18)15-5-7-19-8-6-15/h1-4,9H,5-8H2,(H,16,17)/b4-2+. The minimum Gasteiger partial charge on any atom is -0.478 e. The van der Waals surface area contributed by atoms with E-state index in [0.717, 1.165) is 30.7 Å². The van der Waals surface area contributed by atoms with E-state index in [0.29, 0.717) is 11.3 Å². The van der Waals surface area contributed by atoms with Crippen LogP contribution in [-0.4, -0.2) is 51.5 Å². The van der Waals surface area contributed by atoms with Crippen LogP contribution in [0.25, 0.3) is 6.08 Å². The van der Waals surface area contributed by atoms with Crippen molar-refractivity contribution in [2.24, 2.45) is 0 Å². The van der Waals surface area contributed by atoms with Crippen LogP contribution in [0.2, 0.25) is 0 Å². The Morgan fingerprint density at radius 1 is 1.32 bits per heavy atom. The maximum atomic E-state index is 12.1. The molecule has 1 aromatic heterocycles. The molecule has 0 aromatic carbocycles. The largest absolute Gasteiger partial charge is 0.478 e. The fourth-order valence-electron chi connectivity index (χ4n) is 1.73. The number of aromatic nitrogens is 1. The Kier molecular flexibility index (Phi) is 4.57. The lowest BCUT2D eigenvalue weighted by Crippen LogP contribution is -2.38. The van der Waals surface area contributed by atoms with E-state index in [9.17, 15) is 9.59 Å². The second-order valence-electron chi connectivity index (χ2n) is 4.05. The lowest BCUT2D eigenvalue weighted by Gasteiger charge is -2.25. The zero-order valence-electron chi connectivity index (χ0n) is 10.3. The van der Waals surface area contributed by atoms with Crippen LogP contribution < -0.4 is 0 Å². The summed E-state index contributed by atoms with van der Waals surface area (Å²) >= 11 is 1.84. The topological polar surface area (TPSA) is 70.5 Å². The molecule has 1 fully saturated rings. The second-order valence-corrected chi connectivity index (χ2v) is 5.28. The van der Waals surface area contributed by atoms with Gasteiger partial charge in [-0.25, -0.2) is 4.79 Å². The third kappa shape index (κ3) is 3.82. The molecule has 2 rings (SSSR count). The van der Waals surface area contributed by atoms with Crippen molar-refractivity contribution >= 4 is 29.7 Å². The number of nitrogens with zero attached hydrogens (tertiary/aromatic N) is 2. The Labute approximate surface area is 115 Å². The van der Waals surface area contributed by atoms with Gasteiger partial charge in [0.05, 0.1) is 0 Å². The average Bonchev–Trinajstić information content (AvgIpc) is 2.46. The number of carbonyl (C=O) groups excluding carboxylic acids is 1. The summed E-state index contributed by atoms with van der Waals surface area (Å²) in [4.78, 5) is 28.4. The number of hydrogen-bond acceptors (Lipinski definition) is 4. The van der Waals surface area contributed by atoms with E-state index in [1.807, 2.05) is 11.8 Å². The molecule has 0 atom stereocenters. The molecule has 0 radical (unpaired) electrons. The van der Waals surface area contributed by atoms with Gasteiger partial charge in [0.15, 0.2) is 0 Å². The molecule has 0 bridgehead atoms. The van der Waals surface area contributed by atoms with Gasteiger partial charge in [-0.05, 0) is 17.7 Å². The Bertz CT molecular complexity index is 493. The number of pyridine rings is 1. The number of rotatable bonds is 3. The molecular weight excluding hydrogens is 264 g/mol. The van der Waals surface area contributed by atoms with Crippen LogP contribution in [0.5, 0.6) is 0 Å². The van der Waals surface area contributed by atoms with Gasteiger partial charge >= 0.3 is 5.97 Å². The maximum Gasteiger partial charge on any atom is 0.328 e. The second kappa shape index (κ2) is 6.38. The molecule has 6 heteroatoms. The minimum absolute atomic E-state index is 0.0611. The molecule has 19 heavy (non-hydrogen) atoms. The van der Waals surface area contributed by atoms with Crippen molar-refractivity contribution in [2.45, 2.75) is 0 Å². The number of aliphatic carboxylic acids is 1. The summed E-state index contributed by atoms with van der Waals surface area (Å²) in [5.74, 6) is 0.858. The van der Waals surface area contributed by atoms with Gasteiger partial charge in [-0.1, -0.05) is 6.07 Å². The zero-order valence-corrected chi connectivity index (χ0v) is 11.1. The smallest absolute Gasteiger partial charge is 0.328 e. The van der Waals surface area contributed by atoms with Gasteiger partial charge in [0, 0.05) is 36.9 Å². The first-order chi connectivity index (χ1) is 9.16. The monoisotopic (exact) mass is 278 g/mol. The van der Waals surface area contributed by atoms with E-state index in [1.54, 1.807) is 17.0 Å². The first kappa shape index (κ1) is 13.6. The van der Waals surface area contributed by atoms with Crippen LogP contribution in [0.4, 0.5) is 0 Å². The third-order valence-corrected chi connectivity index (χ3v) is 3.66. The molecule has 0 unspecified atom stereocenters. The molecular formula is C13H14N2O3S. The summed E-state index contributed by atoms with van der Waals surface area (Å²) in [6.07, 6.45) is 3.99. The van der Waals surface area contributed by atoms with Gasteiger partial charge in [-0.15, -0.1) is 0 Å². The molecule has 2 heterocycles. The highest BCUT2D eigenvalue weighted by atomic mass is 32.2. The predicted octanol–water partition coefficient (Wildman–Crippen LogP) is 1.37. The molecule has 5 nitrogen and oxygen atoms in total. The van der Waals surface area contributed by atoms with E-state index in [4.69, 9.17) is 5.11 Å². The normalized spacial score (nSPS) is 15.7. The Balaban J connectivity index is 2.05. The fraction of sp³-hybridized carbons (Fsp3) is 0.308. The predicted molar refractivity (Wildman–Crippen MR) is 74.1 cm³/mol. The first-order valence-electron chi connectivity index (χ1n) is 5.91. The summed E-state index contributed by atoms with van der Waals surface area (Å²) in [7, 11) is 0. The van der Waals surface area contributed by atoms with Crippen molar-refractivity contribution in [1.29, 1.82) is 0 Å². The Morgan fingerprint density at radius 3 is 2.63 bits per heavy atom. The first-order valence-corrected chi connectivity index (χ1v) is 7.06. The Morgan fingerprint density at radius 2 is 2.05 bits per heavy atom. The average molecular weight is 278 g/mol. The van der Waals surface area contributed by atoms with Crippen LogP contribution in [0, 0.1) is 0 Å². The van der Waals surface area contributed by atoms with Crippen LogP contribution in [0.15, 0.2) is 24.4 Å². The summed E-state index contributed by atoms with van der Waals surface area (Å²) in [5, 5.41) is 8.52. The lowest BCUT2D eigenvalue weighted by atomic mass is 10.2. The molecule has 0 aliphatic carbocycles. The molecule has 0 saturated carbocycles. The number of hydrogen-bond donors (Lipinski definition) is 1. The van der Waals surface area contributed by atoms with E-state index in [2.05, 4.69) is 4.98 Å². The van der Waals surface area contributed by atoms with Crippen LogP contribution >= 0.6 is 11.8 Å². The highest BCUT2D eigenvalue weighted by Crippen LogP contribution is 2.12. The SMILES string of the molecule is O=C(O)/C=C/c1ccc(C(=O)N2CCSCC2)nc1. The molecule has 1 amide bonds. The molecule has 1 aliphatic rings. The lowest BCUT2D eigenvalue weighted by molar-refractivity contribution is -0.131. The molecule has 1 saturated heterocycles.